The van der Waals surface area contributed by atoms with Crippen molar-refractivity contribution in [3.8, 4) is 0 Å². The molecule has 1 saturated heterocycles. The minimum atomic E-state index is -0.451. The Kier molecular flexibility index (Phi) is 6.12. The van der Waals surface area contributed by atoms with Crippen LogP contribution in [-0.4, -0.2) is 47.0 Å². The lowest BCUT2D eigenvalue weighted by Gasteiger charge is -2.38. The van der Waals surface area contributed by atoms with Crippen molar-refractivity contribution in [2.24, 2.45) is 5.92 Å². The van der Waals surface area contributed by atoms with Crippen molar-refractivity contribution in [1.82, 2.24) is 9.80 Å². The molecule has 0 unspecified atom stereocenters. The minimum Gasteiger partial charge on any atom is -0.345 e. The number of benzene rings is 1. The van der Waals surface area contributed by atoms with Gasteiger partial charge in [0, 0.05) is 37.8 Å². The number of thiocarbonyl (C=S) groups is 1. The molecule has 1 saturated carbocycles. The number of anilines is 1. The van der Waals surface area contributed by atoms with Crippen LogP contribution in [-0.2, 0) is 4.79 Å². The fourth-order valence-electron chi connectivity index (χ4n) is 3.51. The van der Waals surface area contributed by atoms with Gasteiger partial charge in [0.05, 0.1) is 5.02 Å². The second-order valence-corrected chi connectivity index (χ2v) is 7.50. The molecule has 25 heavy (non-hydrogen) atoms. The molecule has 3 rings (SSSR count). The Labute approximate surface area is 158 Å². The topological polar surface area (TPSA) is 35.6 Å². The number of nitrogens with zero attached hydrogens (tertiary/aromatic N) is 2. The molecule has 0 radical (unpaired) electrons. The molecule has 1 amide bonds. The van der Waals surface area contributed by atoms with Crippen LogP contribution in [0.3, 0.4) is 0 Å². The van der Waals surface area contributed by atoms with Gasteiger partial charge in [-0.1, -0.05) is 30.9 Å². The van der Waals surface area contributed by atoms with Crippen LogP contribution in [0.15, 0.2) is 18.2 Å². The first-order chi connectivity index (χ1) is 12.0. The number of nitrogens with one attached hydrogen (secondary N) is 1. The van der Waals surface area contributed by atoms with Crippen LogP contribution >= 0.6 is 23.8 Å². The first-order valence-corrected chi connectivity index (χ1v) is 9.63. The summed E-state index contributed by atoms with van der Waals surface area (Å²) in [7, 11) is 0. The number of hydrogen-bond acceptors (Lipinski definition) is 2. The number of carbonyl (C=O) groups excluding carboxylic acids is 1. The Morgan fingerprint density at radius 2 is 1.76 bits per heavy atom. The second-order valence-electron chi connectivity index (χ2n) is 6.71. The first-order valence-electron chi connectivity index (χ1n) is 8.84. The van der Waals surface area contributed by atoms with E-state index in [0.29, 0.717) is 42.9 Å². The highest BCUT2D eigenvalue weighted by Crippen LogP contribution is 2.26. The van der Waals surface area contributed by atoms with Crippen molar-refractivity contribution in [3.63, 3.8) is 0 Å². The van der Waals surface area contributed by atoms with Gasteiger partial charge in [-0.15, -0.1) is 0 Å². The Morgan fingerprint density at radius 1 is 1.12 bits per heavy atom. The lowest BCUT2D eigenvalue weighted by molar-refractivity contribution is -0.137. The van der Waals surface area contributed by atoms with E-state index in [0.717, 1.165) is 12.8 Å². The Hall–Kier alpha value is -1.40. The number of carbonyl (C=O) groups is 1. The predicted octanol–water partition coefficient (Wildman–Crippen LogP) is 3.90. The maximum Gasteiger partial charge on any atom is 0.225 e. The zero-order valence-corrected chi connectivity index (χ0v) is 15.7. The second kappa shape index (κ2) is 8.32. The molecule has 0 aromatic heterocycles. The van der Waals surface area contributed by atoms with E-state index in [1.807, 2.05) is 9.80 Å². The first kappa shape index (κ1) is 18.4. The summed E-state index contributed by atoms with van der Waals surface area (Å²) in [5.41, 5.74) is 0.664. The molecule has 2 aliphatic rings. The van der Waals surface area contributed by atoms with Gasteiger partial charge >= 0.3 is 0 Å². The summed E-state index contributed by atoms with van der Waals surface area (Å²) in [4.78, 5) is 16.6. The van der Waals surface area contributed by atoms with E-state index in [9.17, 15) is 9.18 Å². The van der Waals surface area contributed by atoms with E-state index in [4.69, 9.17) is 23.8 Å². The average Bonchev–Trinajstić information content (AvgIpc) is 2.65. The van der Waals surface area contributed by atoms with Crippen LogP contribution in [0.1, 0.15) is 32.1 Å². The van der Waals surface area contributed by atoms with Gasteiger partial charge in [-0.3, -0.25) is 4.79 Å². The molecule has 1 N–H and O–H groups in total. The molecular formula is C18H23ClFN3OS. The molecule has 1 heterocycles. The normalized spacial score (nSPS) is 19.0. The maximum absolute atomic E-state index is 13.2. The molecule has 0 spiro atoms. The predicted molar refractivity (Wildman–Crippen MR) is 102 cm³/mol. The van der Waals surface area contributed by atoms with Gasteiger partial charge < -0.3 is 15.1 Å². The number of rotatable bonds is 2. The zero-order chi connectivity index (χ0) is 17.8. The van der Waals surface area contributed by atoms with E-state index >= 15 is 0 Å². The summed E-state index contributed by atoms with van der Waals surface area (Å²) in [5, 5.41) is 3.73. The molecule has 1 aromatic carbocycles. The minimum absolute atomic E-state index is 0.0655. The summed E-state index contributed by atoms with van der Waals surface area (Å²) < 4.78 is 13.2. The fourth-order valence-corrected chi connectivity index (χ4v) is 4.00. The SMILES string of the molecule is O=C(C1CCCCC1)N1CCN(C(=S)Nc2ccc(F)c(Cl)c2)CC1. The molecule has 4 nitrogen and oxygen atoms in total. The van der Waals surface area contributed by atoms with Crippen LogP contribution in [0.2, 0.25) is 5.02 Å². The highest BCUT2D eigenvalue weighted by Gasteiger charge is 2.29. The lowest BCUT2D eigenvalue weighted by Crippen LogP contribution is -2.53. The van der Waals surface area contributed by atoms with E-state index in [2.05, 4.69) is 5.32 Å². The number of amides is 1. The van der Waals surface area contributed by atoms with Gasteiger partial charge in [0.15, 0.2) is 5.11 Å². The highest BCUT2D eigenvalue weighted by molar-refractivity contribution is 7.80. The standard InChI is InChI=1S/C18H23ClFN3OS/c19-15-12-14(6-7-16(15)20)21-18(25)23-10-8-22(9-11-23)17(24)13-4-2-1-3-5-13/h6-7,12-13H,1-5,8-11H2,(H,21,25). The summed E-state index contributed by atoms with van der Waals surface area (Å²) in [6.45, 7) is 2.81. The smallest absolute Gasteiger partial charge is 0.225 e. The van der Waals surface area contributed by atoms with Gasteiger partial charge in [-0.25, -0.2) is 4.39 Å². The summed E-state index contributed by atoms with van der Waals surface area (Å²) >= 11 is 11.2. The largest absolute Gasteiger partial charge is 0.345 e. The number of piperazine rings is 1. The van der Waals surface area contributed by atoms with Crippen LogP contribution < -0.4 is 5.32 Å². The number of hydrogen-bond donors (Lipinski definition) is 1. The summed E-state index contributed by atoms with van der Waals surface area (Å²) in [5.74, 6) is 0.0725. The molecule has 0 bridgehead atoms. The maximum atomic E-state index is 13.2. The van der Waals surface area contributed by atoms with Gasteiger partial charge in [0.2, 0.25) is 5.91 Å². The van der Waals surface area contributed by atoms with Crippen LogP contribution in [0.4, 0.5) is 10.1 Å². The monoisotopic (exact) mass is 383 g/mol. The van der Waals surface area contributed by atoms with E-state index in [1.54, 1.807) is 6.07 Å². The summed E-state index contributed by atoms with van der Waals surface area (Å²) in [6, 6.07) is 4.44. The molecule has 1 aromatic rings. The number of halogens is 2. The van der Waals surface area contributed by atoms with Crippen molar-refractivity contribution in [1.29, 1.82) is 0 Å². The van der Waals surface area contributed by atoms with Crippen molar-refractivity contribution < 1.29 is 9.18 Å². The van der Waals surface area contributed by atoms with Crippen molar-refractivity contribution in [3.05, 3.63) is 29.0 Å². The molecule has 0 atom stereocenters. The van der Waals surface area contributed by atoms with Crippen LogP contribution in [0, 0.1) is 11.7 Å². The Morgan fingerprint density at radius 3 is 2.40 bits per heavy atom. The van der Waals surface area contributed by atoms with Crippen molar-refractivity contribution in [2.45, 2.75) is 32.1 Å². The molecule has 1 aliphatic heterocycles. The molecule has 1 aliphatic carbocycles. The van der Waals surface area contributed by atoms with Crippen molar-refractivity contribution >= 4 is 40.5 Å². The van der Waals surface area contributed by atoms with Crippen LogP contribution in [0.25, 0.3) is 0 Å². The molecule has 2 fully saturated rings. The summed E-state index contributed by atoms with van der Waals surface area (Å²) in [6.07, 6.45) is 5.66. The van der Waals surface area contributed by atoms with Crippen LogP contribution in [0.5, 0.6) is 0 Å². The van der Waals surface area contributed by atoms with E-state index in [1.165, 1.54) is 31.4 Å². The Bertz CT molecular complexity index is 643. The van der Waals surface area contributed by atoms with Gasteiger partial charge in [-0.2, -0.15) is 0 Å². The van der Waals surface area contributed by atoms with Crippen molar-refractivity contribution in [2.75, 3.05) is 31.5 Å². The fraction of sp³-hybridized carbons (Fsp3) is 0.556. The molecule has 136 valence electrons. The average molecular weight is 384 g/mol. The third-order valence-corrected chi connectivity index (χ3v) is 5.65. The van der Waals surface area contributed by atoms with Gasteiger partial charge in [0.1, 0.15) is 5.82 Å². The Balaban J connectivity index is 1.50. The quantitative estimate of drug-likeness (QED) is 0.785. The third-order valence-electron chi connectivity index (χ3n) is 5.00. The van der Waals surface area contributed by atoms with Gasteiger partial charge in [0.25, 0.3) is 0 Å². The van der Waals surface area contributed by atoms with E-state index < -0.39 is 5.82 Å². The lowest BCUT2D eigenvalue weighted by atomic mass is 9.88. The van der Waals surface area contributed by atoms with E-state index in [-0.39, 0.29) is 10.9 Å². The van der Waals surface area contributed by atoms with Gasteiger partial charge in [-0.05, 0) is 43.3 Å². The highest BCUT2D eigenvalue weighted by atomic mass is 35.5. The zero-order valence-electron chi connectivity index (χ0n) is 14.1. The molecular weight excluding hydrogens is 361 g/mol. The third kappa shape index (κ3) is 4.61. The molecule has 7 heteroatoms.